The van der Waals surface area contributed by atoms with E-state index >= 15 is 0 Å². The van der Waals surface area contributed by atoms with Gasteiger partial charge < -0.3 is 5.32 Å². The minimum atomic E-state index is 0.350. The molecule has 19 heavy (non-hydrogen) atoms. The molecule has 1 aromatic heterocycles. The van der Waals surface area contributed by atoms with Crippen LogP contribution < -0.4 is 5.32 Å². The molecular formula is C15H15BrClNS. The standard InChI is InChI=1S/C15H15BrClNS/c1-9(10-2-4-11(16)5-3-10)18-13-6-7-14-12(13)8-15(17)19-14/h2-5,8-9,13,18H,6-7H2,1H3/t9-,13?/m1/s1. The monoisotopic (exact) mass is 355 g/mol. The number of thiophene rings is 1. The Bertz CT molecular complexity index is 578. The Hall–Kier alpha value is -0.350. The van der Waals surface area contributed by atoms with Crippen LogP contribution in [-0.2, 0) is 6.42 Å². The van der Waals surface area contributed by atoms with E-state index in [9.17, 15) is 0 Å². The number of fused-ring (bicyclic) bond motifs is 1. The third kappa shape index (κ3) is 2.89. The number of nitrogens with one attached hydrogen (secondary N) is 1. The first-order valence-electron chi connectivity index (χ1n) is 6.43. The first kappa shape index (κ1) is 13.6. The Morgan fingerprint density at radius 3 is 2.84 bits per heavy atom. The van der Waals surface area contributed by atoms with Crippen LogP contribution in [0.4, 0.5) is 0 Å². The molecule has 0 amide bonds. The molecule has 1 unspecified atom stereocenters. The molecule has 0 saturated heterocycles. The van der Waals surface area contributed by atoms with Gasteiger partial charge in [0.1, 0.15) is 0 Å². The van der Waals surface area contributed by atoms with Gasteiger partial charge in [-0.05, 0) is 49.1 Å². The molecule has 0 aliphatic heterocycles. The average molecular weight is 357 g/mol. The van der Waals surface area contributed by atoms with Gasteiger partial charge in [0.2, 0.25) is 0 Å². The smallest absolute Gasteiger partial charge is 0.0934 e. The van der Waals surface area contributed by atoms with E-state index in [0.717, 1.165) is 15.2 Å². The fraction of sp³-hybridized carbons (Fsp3) is 0.333. The van der Waals surface area contributed by atoms with Crippen LogP contribution in [0.15, 0.2) is 34.8 Å². The zero-order chi connectivity index (χ0) is 13.4. The quantitative estimate of drug-likeness (QED) is 0.765. The minimum Gasteiger partial charge on any atom is -0.303 e. The summed E-state index contributed by atoms with van der Waals surface area (Å²) in [5, 5.41) is 3.72. The molecule has 0 fully saturated rings. The van der Waals surface area contributed by atoms with Gasteiger partial charge >= 0.3 is 0 Å². The van der Waals surface area contributed by atoms with Crippen LogP contribution in [0.2, 0.25) is 4.34 Å². The summed E-state index contributed by atoms with van der Waals surface area (Å²) in [6, 6.07) is 11.4. The third-order valence-corrected chi connectivity index (χ3v) is 5.54. The van der Waals surface area contributed by atoms with Crippen LogP contribution in [-0.4, -0.2) is 0 Å². The van der Waals surface area contributed by atoms with Crippen LogP contribution in [0.5, 0.6) is 0 Å². The molecule has 4 heteroatoms. The van der Waals surface area contributed by atoms with Gasteiger partial charge in [0, 0.05) is 21.4 Å². The van der Waals surface area contributed by atoms with Crippen LogP contribution in [0.1, 0.15) is 41.4 Å². The van der Waals surface area contributed by atoms with Crippen molar-refractivity contribution >= 4 is 38.9 Å². The van der Waals surface area contributed by atoms with Gasteiger partial charge in [-0.2, -0.15) is 0 Å². The lowest BCUT2D eigenvalue weighted by Gasteiger charge is -2.20. The number of hydrogen-bond donors (Lipinski definition) is 1. The van der Waals surface area contributed by atoms with E-state index in [0.29, 0.717) is 12.1 Å². The second kappa shape index (κ2) is 5.57. The molecule has 100 valence electrons. The van der Waals surface area contributed by atoms with Crippen molar-refractivity contribution in [3.05, 3.63) is 55.1 Å². The predicted octanol–water partition coefficient (Wildman–Crippen LogP) is 5.50. The highest BCUT2D eigenvalue weighted by Gasteiger charge is 2.26. The number of aryl methyl sites for hydroxylation is 1. The van der Waals surface area contributed by atoms with E-state index < -0.39 is 0 Å². The van der Waals surface area contributed by atoms with Crippen molar-refractivity contribution in [2.24, 2.45) is 0 Å². The maximum absolute atomic E-state index is 6.10. The van der Waals surface area contributed by atoms with Crippen LogP contribution in [0.25, 0.3) is 0 Å². The first-order chi connectivity index (χ1) is 9.13. The van der Waals surface area contributed by atoms with E-state index in [1.54, 1.807) is 11.3 Å². The van der Waals surface area contributed by atoms with Gasteiger partial charge in [0.25, 0.3) is 0 Å². The number of benzene rings is 1. The van der Waals surface area contributed by atoms with Gasteiger partial charge in [0.05, 0.1) is 4.34 Å². The molecule has 2 atom stereocenters. The molecule has 1 aliphatic carbocycles. The van der Waals surface area contributed by atoms with Gasteiger partial charge in [-0.15, -0.1) is 11.3 Å². The third-order valence-electron chi connectivity index (χ3n) is 3.67. The maximum Gasteiger partial charge on any atom is 0.0934 e. The predicted molar refractivity (Wildman–Crippen MR) is 86.1 cm³/mol. The van der Waals surface area contributed by atoms with E-state index in [4.69, 9.17) is 11.6 Å². The summed E-state index contributed by atoms with van der Waals surface area (Å²) in [6.07, 6.45) is 2.33. The SMILES string of the molecule is C[C@@H](NC1CCc2sc(Cl)cc21)c1ccc(Br)cc1. The Morgan fingerprint density at radius 1 is 1.37 bits per heavy atom. The highest BCUT2D eigenvalue weighted by atomic mass is 79.9. The molecule has 0 radical (unpaired) electrons. The Labute approximate surface area is 131 Å². The molecule has 0 bridgehead atoms. The molecule has 1 aromatic carbocycles. The summed E-state index contributed by atoms with van der Waals surface area (Å²) in [6.45, 7) is 2.22. The van der Waals surface area contributed by atoms with E-state index in [-0.39, 0.29) is 0 Å². The number of hydrogen-bond acceptors (Lipinski definition) is 2. The fourth-order valence-electron chi connectivity index (χ4n) is 2.65. The summed E-state index contributed by atoms with van der Waals surface area (Å²) in [4.78, 5) is 1.45. The van der Waals surface area contributed by atoms with E-state index in [2.05, 4.69) is 58.5 Å². The van der Waals surface area contributed by atoms with Crippen molar-refractivity contribution in [1.29, 1.82) is 0 Å². The molecular weight excluding hydrogens is 342 g/mol. The lowest BCUT2D eigenvalue weighted by atomic mass is 10.1. The van der Waals surface area contributed by atoms with Crippen LogP contribution in [0, 0.1) is 0 Å². The first-order valence-corrected chi connectivity index (χ1v) is 8.42. The number of halogens is 2. The molecule has 2 aromatic rings. The average Bonchev–Trinajstić information content (AvgIpc) is 2.91. The second-order valence-corrected chi connectivity index (χ2v) is 7.64. The lowest BCUT2D eigenvalue weighted by Crippen LogP contribution is -2.22. The maximum atomic E-state index is 6.10. The van der Waals surface area contributed by atoms with Gasteiger partial charge in [-0.1, -0.05) is 39.7 Å². The fourth-order valence-corrected chi connectivity index (χ4v) is 4.27. The summed E-state index contributed by atoms with van der Waals surface area (Å²) in [5.41, 5.74) is 2.72. The van der Waals surface area contributed by atoms with Gasteiger partial charge in [-0.3, -0.25) is 0 Å². The van der Waals surface area contributed by atoms with Crippen molar-refractivity contribution in [2.75, 3.05) is 0 Å². The molecule has 1 heterocycles. The Balaban J connectivity index is 1.73. The summed E-state index contributed by atoms with van der Waals surface area (Å²) in [7, 11) is 0. The molecule has 0 saturated carbocycles. The second-order valence-electron chi connectivity index (χ2n) is 4.96. The highest BCUT2D eigenvalue weighted by molar-refractivity contribution is 9.10. The lowest BCUT2D eigenvalue weighted by molar-refractivity contribution is 0.465. The van der Waals surface area contributed by atoms with Crippen molar-refractivity contribution in [1.82, 2.24) is 5.32 Å². The van der Waals surface area contributed by atoms with Gasteiger partial charge in [-0.25, -0.2) is 0 Å². The minimum absolute atomic E-state index is 0.350. The molecule has 3 rings (SSSR count). The topological polar surface area (TPSA) is 12.0 Å². The zero-order valence-electron chi connectivity index (χ0n) is 10.6. The largest absolute Gasteiger partial charge is 0.303 e. The molecule has 1 N–H and O–H groups in total. The van der Waals surface area contributed by atoms with Crippen molar-refractivity contribution in [3.8, 4) is 0 Å². The molecule has 0 spiro atoms. The highest BCUT2D eigenvalue weighted by Crippen LogP contribution is 2.40. The molecule has 1 nitrogen and oxygen atoms in total. The zero-order valence-corrected chi connectivity index (χ0v) is 13.8. The number of rotatable bonds is 3. The van der Waals surface area contributed by atoms with Crippen molar-refractivity contribution in [2.45, 2.75) is 31.8 Å². The van der Waals surface area contributed by atoms with Crippen LogP contribution in [0.3, 0.4) is 0 Å². The van der Waals surface area contributed by atoms with Gasteiger partial charge in [0.15, 0.2) is 0 Å². The summed E-state index contributed by atoms with van der Waals surface area (Å²) >= 11 is 11.3. The summed E-state index contributed by atoms with van der Waals surface area (Å²) in [5.74, 6) is 0. The summed E-state index contributed by atoms with van der Waals surface area (Å²) < 4.78 is 2.03. The Morgan fingerprint density at radius 2 is 2.11 bits per heavy atom. The molecule has 1 aliphatic rings. The van der Waals surface area contributed by atoms with Crippen LogP contribution >= 0.6 is 38.9 Å². The normalized spacial score (nSPS) is 19.4. The van der Waals surface area contributed by atoms with E-state index in [1.165, 1.54) is 22.4 Å². The van der Waals surface area contributed by atoms with E-state index in [1.807, 2.05) is 0 Å². The Kier molecular flexibility index (Phi) is 3.99. The van der Waals surface area contributed by atoms with Crippen molar-refractivity contribution < 1.29 is 0 Å². The van der Waals surface area contributed by atoms with Crippen molar-refractivity contribution in [3.63, 3.8) is 0 Å².